The third-order valence-electron chi connectivity index (χ3n) is 3.58. The minimum absolute atomic E-state index is 0.169. The van der Waals surface area contributed by atoms with Gasteiger partial charge >= 0.3 is 0 Å². The third kappa shape index (κ3) is 2.72. The van der Waals surface area contributed by atoms with Gasteiger partial charge < -0.3 is 10.2 Å². The molecule has 2 heterocycles. The highest BCUT2D eigenvalue weighted by atomic mass is 16.1. The first-order chi connectivity index (χ1) is 10.3. The van der Waals surface area contributed by atoms with E-state index in [2.05, 4.69) is 38.6 Å². The summed E-state index contributed by atoms with van der Waals surface area (Å²) in [7, 11) is 0. The van der Waals surface area contributed by atoms with Gasteiger partial charge in [-0.3, -0.25) is 4.79 Å². The number of rotatable bonds is 4. The molecular weight excluding hydrogens is 264 g/mol. The SMILES string of the molecule is CCCNC(=O)c1ccc(N2CCc3ccccc32)nn1. The van der Waals surface area contributed by atoms with E-state index in [4.69, 9.17) is 0 Å². The lowest BCUT2D eigenvalue weighted by Gasteiger charge is -2.17. The van der Waals surface area contributed by atoms with Crippen LogP contribution in [0.15, 0.2) is 36.4 Å². The number of anilines is 2. The van der Waals surface area contributed by atoms with Crippen LogP contribution in [0.3, 0.4) is 0 Å². The molecule has 1 aromatic carbocycles. The summed E-state index contributed by atoms with van der Waals surface area (Å²) >= 11 is 0. The van der Waals surface area contributed by atoms with E-state index in [0.29, 0.717) is 12.2 Å². The standard InChI is InChI=1S/C16H18N4O/c1-2-10-17-16(21)13-7-8-15(19-18-13)20-11-9-12-5-3-4-6-14(12)20/h3-8H,2,9-11H2,1H3,(H,17,21). The topological polar surface area (TPSA) is 58.1 Å². The molecule has 1 aliphatic heterocycles. The van der Waals surface area contributed by atoms with E-state index in [1.165, 1.54) is 11.3 Å². The van der Waals surface area contributed by atoms with Crippen molar-refractivity contribution in [2.75, 3.05) is 18.0 Å². The molecule has 1 aliphatic rings. The van der Waals surface area contributed by atoms with Crippen molar-refractivity contribution in [3.05, 3.63) is 47.7 Å². The van der Waals surface area contributed by atoms with Gasteiger partial charge in [0.05, 0.1) is 0 Å². The molecule has 2 aromatic rings. The van der Waals surface area contributed by atoms with Gasteiger partial charge in [-0.25, -0.2) is 0 Å². The fraction of sp³-hybridized carbons (Fsp3) is 0.312. The first-order valence-corrected chi connectivity index (χ1v) is 7.27. The molecule has 0 fully saturated rings. The van der Waals surface area contributed by atoms with Gasteiger partial charge in [-0.1, -0.05) is 25.1 Å². The summed E-state index contributed by atoms with van der Waals surface area (Å²) in [6, 6.07) is 11.9. The molecule has 5 nitrogen and oxygen atoms in total. The molecule has 0 bridgehead atoms. The Labute approximate surface area is 124 Å². The highest BCUT2D eigenvalue weighted by molar-refractivity contribution is 5.92. The minimum atomic E-state index is -0.169. The molecule has 0 saturated carbocycles. The van der Waals surface area contributed by atoms with E-state index in [1.54, 1.807) is 6.07 Å². The summed E-state index contributed by atoms with van der Waals surface area (Å²) in [5.41, 5.74) is 2.86. The second kappa shape index (κ2) is 5.91. The summed E-state index contributed by atoms with van der Waals surface area (Å²) in [6.45, 7) is 3.57. The van der Waals surface area contributed by atoms with Gasteiger partial charge in [0.25, 0.3) is 5.91 Å². The highest BCUT2D eigenvalue weighted by Gasteiger charge is 2.21. The van der Waals surface area contributed by atoms with Gasteiger partial charge in [-0.15, -0.1) is 10.2 Å². The lowest BCUT2D eigenvalue weighted by molar-refractivity contribution is 0.0947. The fourth-order valence-corrected chi connectivity index (χ4v) is 2.50. The molecule has 0 saturated heterocycles. The van der Waals surface area contributed by atoms with Crippen molar-refractivity contribution < 1.29 is 4.79 Å². The van der Waals surface area contributed by atoms with Crippen LogP contribution in [0.5, 0.6) is 0 Å². The molecule has 3 rings (SSSR count). The van der Waals surface area contributed by atoms with E-state index in [1.807, 2.05) is 19.1 Å². The number of nitrogens with one attached hydrogen (secondary N) is 1. The van der Waals surface area contributed by atoms with Crippen LogP contribution in [-0.4, -0.2) is 29.2 Å². The number of aromatic nitrogens is 2. The highest BCUT2D eigenvalue weighted by Crippen LogP contribution is 2.32. The fourth-order valence-electron chi connectivity index (χ4n) is 2.50. The number of hydrogen-bond acceptors (Lipinski definition) is 4. The van der Waals surface area contributed by atoms with Crippen molar-refractivity contribution in [1.82, 2.24) is 15.5 Å². The average Bonchev–Trinajstić information content (AvgIpc) is 2.97. The van der Waals surface area contributed by atoms with Gasteiger partial charge in [0.15, 0.2) is 11.5 Å². The predicted octanol–water partition coefficient (Wildman–Crippen LogP) is 2.31. The minimum Gasteiger partial charge on any atom is -0.351 e. The van der Waals surface area contributed by atoms with Crippen LogP contribution in [0.2, 0.25) is 0 Å². The summed E-state index contributed by atoms with van der Waals surface area (Å²) in [4.78, 5) is 13.9. The predicted molar refractivity (Wildman–Crippen MR) is 81.8 cm³/mol. The summed E-state index contributed by atoms with van der Waals surface area (Å²) in [6.07, 6.45) is 1.92. The van der Waals surface area contributed by atoms with E-state index < -0.39 is 0 Å². The Bertz CT molecular complexity index is 639. The van der Waals surface area contributed by atoms with Crippen LogP contribution in [0.25, 0.3) is 0 Å². The molecule has 5 heteroatoms. The molecule has 0 unspecified atom stereocenters. The first-order valence-electron chi connectivity index (χ1n) is 7.27. The number of carbonyl (C=O) groups excluding carboxylic acids is 1. The van der Waals surface area contributed by atoms with Crippen LogP contribution < -0.4 is 10.2 Å². The normalized spacial score (nSPS) is 13.1. The van der Waals surface area contributed by atoms with Crippen molar-refractivity contribution in [3.63, 3.8) is 0 Å². The van der Waals surface area contributed by atoms with Gasteiger partial charge in [-0.2, -0.15) is 0 Å². The molecular formula is C16H18N4O. The Kier molecular flexibility index (Phi) is 3.81. The largest absolute Gasteiger partial charge is 0.351 e. The molecule has 1 aromatic heterocycles. The van der Waals surface area contributed by atoms with Crippen LogP contribution in [0, 0.1) is 0 Å². The second-order valence-electron chi connectivity index (χ2n) is 5.06. The van der Waals surface area contributed by atoms with Gasteiger partial charge in [0.1, 0.15) is 0 Å². The maximum absolute atomic E-state index is 11.8. The van der Waals surface area contributed by atoms with E-state index in [0.717, 1.165) is 25.2 Å². The first kappa shape index (κ1) is 13.5. The van der Waals surface area contributed by atoms with E-state index in [9.17, 15) is 4.79 Å². The van der Waals surface area contributed by atoms with Crippen LogP contribution >= 0.6 is 0 Å². The molecule has 21 heavy (non-hydrogen) atoms. The van der Waals surface area contributed by atoms with Gasteiger partial charge in [-0.05, 0) is 36.6 Å². The maximum atomic E-state index is 11.8. The Morgan fingerprint density at radius 3 is 2.86 bits per heavy atom. The molecule has 1 N–H and O–H groups in total. The zero-order valence-corrected chi connectivity index (χ0v) is 12.0. The van der Waals surface area contributed by atoms with Crippen molar-refractivity contribution in [1.29, 1.82) is 0 Å². The van der Waals surface area contributed by atoms with Crippen molar-refractivity contribution in [2.24, 2.45) is 0 Å². The molecule has 0 atom stereocenters. The number of para-hydroxylation sites is 1. The molecule has 0 spiro atoms. The Morgan fingerprint density at radius 1 is 1.24 bits per heavy atom. The second-order valence-corrected chi connectivity index (χ2v) is 5.06. The molecule has 0 aliphatic carbocycles. The number of nitrogens with zero attached hydrogens (tertiary/aromatic N) is 3. The van der Waals surface area contributed by atoms with Crippen molar-refractivity contribution in [3.8, 4) is 0 Å². The van der Waals surface area contributed by atoms with Crippen LogP contribution in [-0.2, 0) is 6.42 Å². The van der Waals surface area contributed by atoms with Gasteiger partial charge in [0.2, 0.25) is 0 Å². The van der Waals surface area contributed by atoms with Crippen molar-refractivity contribution >= 4 is 17.4 Å². The molecule has 108 valence electrons. The smallest absolute Gasteiger partial charge is 0.271 e. The number of amides is 1. The van der Waals surface area contributed by atoms with E-state index in [-0.39, 0.29) is 5.91 Å². The Balaban J connectivity index is 1.78. The van der Waals surface area contributed by atoms with E-state index >= 15 is 0 Å². The zero-order valence-electron chi connectivity index (χ0n) is 12.0. The Morgan fingerprint density at radius 2 is 2.10 bits per heavy atom. The molecule has 0 radical (unpaired) electrons. The quantitative estimate of drug-likeness (QED) is 0.935. The van der Waals surface area contributed by atoms with Crippen LogP contribution in [0.4, 0.5) is 11.5 Å². The number of hydrogen-bond donors (Lipinski definition) is 1. The molecule has 1 amide bonds. The monoisotopic (exact) mass is 282 g/mol. The average molecular weight is 282 g/mol. The van der Waals surface area contributed by atoms with Crippen LogP contribution in [0.1, 0.15) is 29.4 Å². The lowest BCUT2D eigenvalue weighted by Crippen LogP contribution is -2.25. The third-order valence-corrected chi connectivity index (χ3v) is 3.58. The lowest BCUT2D eigenvalue weighted by atomic mass is 10.2. The number of carbonyl (C=O) groups is 1. The number of fused-ring (bicyclic) bond motifs is 1. The summed E-state index contributed by atoms with van der Waals surface area (Å²) in [5.74, 6) is 0.615. The Hall–Kier alpha value is -2.43. The van der Waals surface area contributed by atoms with Crippen molar-refractivity contribution in [2.45, 2.75) is 19.8 Å². The summed E-state index contributed by atoms with van der Waals surface area (Å²) < 4.78 is 0. The zero-order chi connectivity index (χ0) is 14.7. The van der Waals surface area contributed by atoms with Gasteiger partial charge in [0, 0.05) is 18.8 Å². The maximum Gasteiger partial charge on any atom is 0.271 e. The number of benzene rings is 1. The summed E-state index contributed by atoms with van der Waals surface area (Å²) in [5, 5.41) is 11.0.